The van der Waals surface area contributed by atoms with Crippen LogP contribution in [0.15, 0.2) is 28.3 Å². The number of hydrogen-bond acceptors (Lipinski definition) is 5. The highest BCUT2D eigenvalue weighted by molar-refractivity contribution is 7.98. The lowest BCUT2D eigenvalue weighted by Gasteiger charge is -2.06. The van der Waals surface area contributed by atoms with E-state index in [1.54, 1.807) is 25.1 Å². The van der Waals surface area contributed by atoms with E-state index < -0.39 is 0 Å². The van der Waals surface area contributed by atoms with E-state index in [9.17, 15) is 4.79 Å². The van der Waals surface area contributed by atoms with Gasteiger partial charge in [-0.2, -0.15) is 9.67 Å². The topological polar surface area (TPSA) is 60.1 Å². The highest BCUT2D eigenvalue weighted by atomic mass is 35.5. The van der Waals surface area contributed by atoms with Gasteiger partial charge in [-0.05, 0) is 30.7 Å². The summed E-state index contributed by atoms with van der Waals surface area (Å²) in [5.74, 6) is 0.792. The summed E-state index contributed by atoms with van der Waals surface area (Å²) < 4.78 is 1.24. The molecular formula is C13H10Cl2N4OS. The van der Waals surface area contributed by atoms with Gasteiger partial charge in [0.1, 0.15) is 0 Å². The highest BCUT2D eigenvalue weighted by Crippen LogP contribution is 2.29. The second-order valence-corrected chi connectivity index (χ2v) is 6.33. The van der Waals surface area contributed by atoms with Gasteiger partial charge < -0.3 is 0 Å². The summed E-state index contributed by atoms with van der Waals surface area (Å²) in [7, 11) is 0. The van der Waals surface area contributed by atoms with Crippen LogP contribution in [-0.2, 0) is 5.75 Å². The lowest BCUT2D eigenvalue weighted by molar-refractivity contribution is 0.0904. The largest absolute Gasteiger partial charge is 0.272 e. The van der Waals surface area contributed by atoms with Gasteiger partial charge in [0, 0.05) is 21.5 Å². The number of hydrogen-bond donors (Lipinski definition) is 0. The van der Waals surface area contributed by atoms with Gasteiger partial charge in [-0.25, -0.2) is 4.99 Å². The lowest BCUT2D eigenvalue weighted by Crippen LogP contribution is -2.19. The fourth-order valence-electron chi connectivity index (χ4n) is 1.89. The van der Waals surface area contributed by atoms with E-state index in [-0.39, 0.29) is 12.3 Å². The van der Waals surface area contributed by atoms with E-state index in [4.69, 9.17) is 23.2 Å². The number of carbonyl (C=O) groups excluding carboxylic acids is 1. The van der Waals surface area contributed by atoms with Crippen LogP contribution in [0.1, 0.15) is 23.7 Å². The van der Waals surface area contributed by atoms with Crippen LogP contribution >= 0.6 is 35.0 Å². The van der Waals surface area contributed by atoms with E-state index in [1.165, 1.54) is 16.4 Å². The van der Waals surface area contributed by atoms with Gasteiger partial charge in [-0.1, -0.05) is 35.0 Å². The van der Waals surface area contributed by atoms with E-state index in [0.717, 1.165) is 11.3 Å². The summed E-state index contributed by atoms with van der Waals surface area (Å²) in [6, 6.07) is 5.30. The minimum absolute atomic E-state index is 0.113. The van der Waals surface area contributed by atoms with Crippen LogP contribution in [-0.4, -0.2) is 26.4 Å². The maximum atomic E-state index is 11.8. The Bertz CT molecular complexity index is 757. The van der Waals surface area contributed by atoms with Crippen molar-refractivity contribution in [2.24, 2.45) is 4.99 Å². The molecule has 1 aliphatic heterocycles. The number of aromatic nitrogens is 3. The zero-order valence-corrected chi connectivity index (χ0v) is 13.3. The molecule has 5 nitrogen and oxygen atoms in total. The molecule has 8 heteroatoms. The summed E-state index contributed by atoms with van der Waals surface area (Å²) in [6.07, 6.45) is 0.278. The maximum Gasteiger partial charge on any atom is 0.256 e. The van der Waals surface area contributed by atoms with Crippen molar-refractivity contribution in [3.63, 3.8) is 0 Å². The van der Waals surface area contributed by atoms with Crippen molar-refractivity contribution in [1.29, 1.82) is 0 Å². The summed E-state index contributed by atoms with van der Waals surface area (Å²) >= 11 is 13.4. The fraction of sp³-hybridized carbons (Fsp3) is 0.231. The summed E-state index contributed by atoms with van der Waals surface area (Å²) in [5.41, 5.74) is 1.64. The summed E-state index contributed by atoms with van der Waals surface area (Å²) in [5, 5.41) is 5.93. The quantitative estimate of drug-likeness (QED) is 0.792. The molecule has 2 heterocycles. The van der Waals surface area contributed by atoms with Gasteiger partial charge in [0.2, 0.25) is 5.16 Å². The smallest absolute Gasteiger partial charge is 0.256 e. The third-order valence-corrected chi connectivity index (χ3v) is 4.36. The molecule has 0 unspecified atom stereocenters. The van der Waals surface area contributed by atoms with Gasteiger partial charge in [-0.3, -0.25) is 4.79 Å². The van der Waals surface area contributed by atoms with Crippen molar-refractivity contribution in [3.8, 4) is 0 Å². The number of fused-ring (bicyclic) bond motifs is 1. The zero-order valence-electron chi connectivity index (χ0n) is 11.0. The van der Waals surface area contributed by atoms with Crippen LogP contribution < -0.4 is 0 Å². The van der Waals surface area contributed by atoms with Gasteiger partial charge in [-0.15, -0.1) is 5.10 Å². The van der Waals surface area contributed by atoms with Gasteiger partial charge in [0.25, 0.3) is 11.9 Å². The SMILES string of the molecule is CC1=Nc2nc(SCc3cc(Cl)ccc3Cl)nn2C(=O)C1. The van der Waals surface area contributed by atoms with Crippen molar-refractivity contribution in [2.75, 3.05) is 0 Å². The predicted octanol–water partition coefficient (Wildman–Crippen LogP) is 4.01. The van der Waals surface area contributed by atoms with E-state index in [0.29, 0.717) is 26.9 Å². The maximum absolute atomic E-state index is 11.8. The Kier molecular flexibility index (Phi) is 4.01. The van der Waals surface area contributed by atoms with Crippen LogP contribution in [0.2, 0.25) is 10.0 Å². The number of aliphatic imine (C=N–C) groups is 1. The van der Waals surface area contributed by atoms with Gasteiger partial charge >= 0.3 is 0 Å². The highest BCUT2D eigenvalue weighted by Gasteiger charge is 2.21. The third-order valence-electron chi connectivity index (χ3n) is 2.87. The predicted molar refractivity (Wildman–Crippen MR) is 84.1 cm³/mol. The van der Waals surface area contributed by atoms with E-state index in [2.05, 4.69) is 15.1 Å². The van der Waals surface area contributed by atoms with Crippen molar-refractivity contribution in [2.45, 2.75) is 24.3 Å². The van der Waals surface area contributed by atoms with Crippen LogP contribution in [0, 0.1) is 0 Å². The second-order valence-electron chi connectivity index (χ2n) is 4.55. The molecule has 0 fully saturated rings. The lowest BCUT2D eigenvalue weighted by atomic mass is 10.2. The molecule has 108 valence electrons. The minimum atomic E-state index is -0.113. The Morgan fingerprint density at radius 2 is 2.19 bits per heavy atom. The Hall–Kier alpha value is -1.37. The first kappa shape index (κ1) is 14.6. The van der Waals surface area contributed by atoms with Gasteiger partial charge in [0.05, 0.1) is 6.42 Å². The van der Waals surface area contributed by atoms with Crippen molar-refractivity contribution >= 4 is 52.5 Å². The first-order chi connectivity index (χ1) is 10.0. The molecule has 0 N–H and O–H groups in total. The number of nitrogens with zero attached hydrogens (tertiary/aromatic N) is 4. The molecule has 0 saturated carbocycles. The molecule has 0 amide bonds. The van der Waals surface area contributed by atoms with Crippen LogP contribution in [0.3, 0.4) is 0 Å². The molecule has 21 heavy (non-hydrogen) atoms. The number of carbonyl (C=O) groups is 1. The average Bonchev–Trinajstić information content (AvgIpc) is 2.83. The van der Waals surface area contributed by atoms with Crippen molar-refractivity contribution in [3.05, 3.63) is 33.8 Å². The normalized spacial score (nSPS) is 14.0. The molecule has 2 aromatic rings. The molecule has 1 aromatic carbocycles. The zero-order chi connectivity index (χ0) is 15.0. The number of halogens is 2. The Labute approximate surface area is 135 Å². The first-order valence-electron chi connectivity index (χ1n) is 6.14. The molecule has 0 radical (unpaired) electrons. The summed E-state index contributed by atoms with van der Waals surface area (Å²) in [6.45, 7) is 1.80. The molecule has 0 bridgehead atoms. The molecule has 1 aromatic heterocycles. The van der Waals surface area contributed by atoms with Crippen LogP contribution in [0.25, 0.3) is 0 Å². The second kappa shape index (κ2) is 5.79. The Morgan fingerprint density at radius 3 is 3.00 bits per heavy atom. The molecule has 3 rings (SSSR count). The first-order valence-corrected chi connectivity index (χ1v) is 7.88. The minimum Gasteiger partial charge on any atom is -0.272 e. The van der Waals surface area contributed by atoms with Crippen molar-refractivity contribution < 1.29 is 4.79 Å². The van der Waals surface area contributed by atoms with Gasteiger partial charge in [0.15, 0.2) is 0 Å². The standard InChI is InChI=1S/C13H10Cl2N4OS/c1-7-4-11(20)19-12(16-7)17-13(18-19)21-6-8-5-9(14)2-3-10(8)15/h2-3,5H,4,6H2,1H3. The third kappa shape index (κ3) is 3.12. The number of thioether (sulfide) groups is 1. The van der Waals surface area contributed by atoms with Crippen LogP contribution in [0.4, 0.5) is 5.95 Å². The number of benzene rings is 1. The van der Waals surface area contributed by atoms with E-state index in [1.807, 2.05) is 0 Å². The summed E-state index contributed by atoms with van der Waals surface area (Å²) in [4.78, 5) is 20.3. The molecule has 0 aliphatic carbocycles. The monoisotopic (exact) mass is 340 g/mol. The molecule has 0 spiro atoms. The number of rotatable bonds is 3. The molecule has 0 saturated heterocycles. The Morgan fingerprint density at radius 1 is 1.38 bits per heavy atom. The molecular weight excluding hydrogens is 331 g/mol. The average molecular weight is 341 g/mol. The molecule has 1 aliphatic rings. The fourth-order valence-corrected chi connectivity index (χ4v) is 3.15. The Balaban J connectivity index is 1.79. The van der Waals surface area contributed by atoms with Crippen molar-refractivity contribution in [1.82, 2.24) is 14.8 Å². The van der Waals surface area contributed by atoms with Crippen LogP contribution in [0.5, 0.6) is 0 Å². The van der Waals surface area contributed by atoms with E-state index >= 15 is 0 Å². The molecule has 0 atom stereocenters.